The number of unbranched alkanes of at least 4 members (excludes halogenated alkanes) is 16. The van der Waals surface area contributed by atoms with Crippen LogP contribution in [0.2, 0.25) is 0 Å². The number of likely N-dealkylation sites (N-methyl/N-ethyl adjacent to an activating group) is 1. The molecule has 47 heavy (non-hydrogen) atoms. The summed E-state index contributed by atoms with van der Waals surface area (Å²) >= 11 is 0. The predicted octanol–water partition coefficient (Wildman–Crippen LogP) is 8.64. The summed E-state index contributed by atoms with van der Waals surface area (Å²) < 4.78 is 22.4. The lowest BCUT2D eigenvalue weighted by atomic mass is 10.1. The molecule has 0 radical (unpaired) electrons. The Hall–Kier alpha value is -2.16. The van der Waals surface area contributed by atoms with Crippen molar-refractivity contribution in [3.05, 3.63) is 0 Å². The van der Waals surface area contributed by atoms with E-state index in [1.54, 1.807) is 0 Å². The van der Waals surface area contributed by atoms with E-state index in [-0.39, 0.29) is 30.5 Å². The Labute approximate surface area is 287 Å². The second-order valence-corrected chi connectivity index (χ2v) is 14.1. The van der Waals surface area contributed by atoms with E-state index < -0.39 is 6.10 Å². The third-order valence-electron chi connectivity index (χ3n) is 8.03. The normalized spacial score (nSPS) is 12.0. The molecule has 0 rings (SSSR count). The first kappa shape index (κ1) is 44.8. The van der Waals surface area contributed by atoms with Crippen molar-refractivity contribution in [1.82, 2.24) is 0 Å². The fraction of sp³-hybridized carbons (Fsp3) is 0.895. The van der Waals surface area contributed by atoms with Crippen molar-refractivity contribution in [1.29, 1.82) is 0 Å². The van der Waals surface area contributed by atoms with Crippen LogP contribution < -0.4 is 0 Å². The number of esters is 4. The van der Waals surface area contributed by atoms with Gasteiger partial charge in [0.25, 0.3) is 0 Å². The van der Waals surface area contributed by atoms with Crippen LogP contribution in [-0.4, -0.2) is 82.0 Å². The molecule has 0 bridgehead atoms. The third kappa shape index (κ3) is 33.5. The lowest BCUT2D eigenvalue weighted by Gasteiger charge is -2.28. The fourth-order valence-electron chi connectivity index (χ4n) is 5.30. The standard InChI is InChI=1S/C38H72NO8/c1-6-8-10-24-30-44-35(40)26-20-16-12-13-18-22-28-37(42)46-33-34(32-39(3,4)5)47-38(43)29-23-19-15-14-17-21-27-36(41)45-31-25-11-9-7-2/h34H,6-33H2,1-5H3/q+1. The lowest BCUT2D eigenvalue weighted by molar-refractivity contribution is -0.873. The SMILES string of the molecule is CCCCCCOC(=O)CCCCCCCCC(=O)OCC(C[N+](C)(C)C)OC(=O)CCCCCCCCC(=O)OCCCCCC. The van der Waals surface area contributed by atoms with Crippen LogP contribution in [0.3, 0.4) is 0 Å². The molecular formula is C38H72NO8+. The van der Waals surface area contributed by atoms with Gasteiger partial charge >= 0.3 is 23.9 Å². The molecule has 276 valence electrons. The summed E-state index contributed by atoms with van der Waals surface area (Å²) in [5.74, 6) is -0.689. The van der Waals surface area contributed by atoms with Crippen LogP contribution in [0.25, 0.3) is 0 Å². The van der Waals surface area contributed by atoms with Crippen molar-refractivity contribution in [3.8, 4) is 0 Å². The smallest absolute Gasteiger partial charge is 0.306 e. The molecule has 1 atom stereocenters. The highest BCUT2D eigenvalue weighted by atomic mass is 16.6. The van der Waals surface area contributed by atoms with Gasteiger partial charge in [-0.2, -0.15) is 0 Å². The minimum absolute atomic E-state index is 0.0793. The molecule has 9 nitrogen and oxygen atoms in total. The number of hydrogen-bond donors (Lipinski definition) is 0. The predicted molar refractivity (Wildman–Crippen MR) is 188 cm³/mol. The van der Waals surface area contributed by atoms with Crippen LogP contribution in [0, 0.1) is 0 Å². The first-order valence-corrected chi connectivity index (χ1v) is 19.0. The topological polar surface area (TPSA) is 105 Å². The Morgan fingerprint density at radius 3 is 1.17 bits per heavy atom. The Kier molecular flexibility index (Phi) is 29.7. The van der Waals surface area contributed by atoms with Gasteiger partial charge in [-0.25, -0.2) is 0 Å². The summed E-state index contributed by atoms with van der Waals surface area (Å²) in [5.41, 5.74) is 0. The van der Waals surface area contributed by atoms with Gasteiger partial charge in [0, 0.05) is 25.7 Å². The highest BCUT2D eigenvalue weighted by molar-refractivity contribution is 5.70. The summed E-state index contributed by atoms with van der Waals surface area (Å²) in [4.78, 5) is 48.4. The van der Waals surface area contributed by atoms with Gasteiger partial charge in [-0.05, 0) is 38.5 Å². The zero-order valence-electron chi connectivity index (χ0n) is 31.1. The van der Waals surface area contributed by atoms with E-state index in [4.69, 9.17) is 18.9 Å². The monoisotopic (exact) mass is 671 g/mol. The summed E-state index contributed by atoms with van der Waals surface area (Å²) in [6.45, 7) is 6.04. The average Bonchev–Trinajstić information content (AvgIpc) is 3.01. The maximum atomic E-state index is 12.5. The highest BCUT2D eigenvalue weighted by Crippen LogP contribution is 2.13. The first-order valence-electron chi connectivity index (χ1n) is 19.0. The number of rotatable bonds is 33. The largest absolute Gasteiger partial charge is 0.466 e. The minimum Gasteiger partial charge on any atom is -0.466 e. The summed E-state index contributed by atoms with van der Waals surface area (Å²) in [6, 6.07) is 0. The Bertz CT molecular complexity index is 795. The van der Waals surface area contributed by atoms with Crippen LogP contribution in [0.4, 0.5) is 0 Å². The Morgan fingerprint density at radius 2 is 0.787 bits per heavy atom. The van der Waals surface area contributed by atoms with E-state index in [0.717, 1.165) is 103 Å². The van der Waals surface area contributed by atoms with Crippen LogP contribution in [-0.2, 0) is 38.1 Å². The number of ether oxygens (including phenoxy) is 4. The van der Waals surface area contributed by atoms with E-state index >= 15 is 0 Å². The van der Waals surface area contributed by atoms with E-state index in [1.807, 2.05) is 21.1 Å². The van der Waals surface area contributed by atoms with Gasteiger partial charge in [0.05, 0.1) is 34.4 Å². The minimum atomic E-state index is -0.471. The van der Waals surface area contributed by atoms with Crippen molar-refractivity contribution >= 4 is 23.9 Å². The van der Waals surface area contributed by atoms with Crippen LogP contribution in [0.15, 0.2) is 0 Å². The molecule has 9 heteroatoms. The van der Waals surface area contributed by atoms with E-state index in [9.17, 15) is 19.2 Å². The van der Waals surface area contributed by atoms with Gasteiger partial charge in [-0.15, -0.1) is 0 Å². The summed E-state index contributed by atoms with van der Waals surface area (Å²) in [7, 11) is 6.06. The maximum absolute atomic E-state index is 12.5. The molecule has 0 aliphatic carbocycles. The first-order chi connectivity index (χ1) is 22.6. The zero-order chi connectivity index (χ0) is 35.0. The number of carbonyl (C=O) groups is 4. The van der Waals surface area contributed by atoms with Crippen molar-refractivity contribution in [2.24, 2.45) is 0 Å². The Morgan fingerprint density at radius 1 is 0.447 bits per heavy atom. The van der Waals surface area contributed by atoms with Crippen molar-refractivity contribution in [2.75, 3.05) is 47.5 Å². The highest BCUT2D eigenvalue weighted by Gasteiger charge is 2.23. The average molecular weight is 671 g/mol. The molecule has 0 N–H and O–H groups in total. The summed E-state index contributed by atoms with van der Waals surface area (Å²) in [5, 5.41) is 0. The third-order valence-corrected chi connectivity index (χ3v) is 8.03. The molecule has 0 fully saturated rings. The van der Waals surface area contributed by atoms with Gasteiger partial charge < -0.3 is 23.4 Å². The van der Waals surface area contributed by atoms with Crippen LogP contribution in [0.5, 0.6) is 0 Å². The van der Waals surface area contributed by atoms with Gasteiger partial charge in [0.2, 0.25) is 0 Å². The van der Waals surface area contributed by atoms with Gasteiger partial charge in [0.1, 0.15) is 13.2 Å². The van der Waals surface area contributed by atoms with Crippen molar-refractivity contribution < 1.29 is 42.6 Å². The molecular weight excluding hydrogens is 598 g/mol. The van der Waals surface area contributed by atoms with E-state index in [1.165, 1.54) is 25.7 Å². The van der Waals surface area contributed by atoms with E-state index in [2.05, 4.69) is 13.8 Å². The molecule has 0 amide bonds. The Balaban J connectivity index is 3.95. The molecule has 0 saturated heterocycles. The maximum Gasteiger partial charge on any atom is 0.306 e. The fourth-order valence-corrected chi connectivity index (χ4v) is 5.30. The molecule has 0 aliphatic heterocycles. The molecule has 0 aromatic carbocycles. The second-order valence-electron chi connectivity index (χ2n) is 14.1. The van der Waals surface area contributed by atoms with Gasteiger partial charge in [-0.1, -0.05) is 104 Å². The lowest BCUT2D eigenvalue weighted by Crippen LogP contribution is -2.45. The molecule has 0 heterocycles. The summed E-state index contributed by atoms with van der Waals surface area (Å²) in [6.07, 6.45) is 21.3. The van der Waals surface area contributed by atoms with Crippen LogP contribution >= 0.6 is 0 Å². The van der Waals surface area contributed by atoms with Gasteiger partial charge in [-0.3, -0.25) is 19.2 Å². The second kappa shape index (κ2) is 31.1. The number of quaternary nitrogens is 1. The van der Waals surface area contributed by atoms with E-state index in [0.29, 0.717) is 49.9 Å². The molecule has 0 aromatic heterocycles. The van der Waals surface area contributed by atoms with Gasteiger partial charge in [0.15, 0.2) is 6.10 Å². The number of nitrogens with zero attached hydrogens (tertiary/aromatic N) is 1. The molecule has 0 aromatic rings. The van der Waals surface area contributed by atoms with Crippen LogP contribution in [0.1, 0.15) is 168 Å². The number of carbonyl (C=O) groups excluding carboxylic acids is 4. The molecule has 0 spiro atoms. The molecule has 1 unspecified atom stereocenters. The quantitative estimate of drug-likeness (QED) is 0.0296. The number of hydrogen-bond acceptors (Lipinski definition) is 8. The molecule has 0 aliphatic rings. The zero-order valence-corrected chi connectivity index (χ0v) is 31.1. The van der Waals surface area contributed by atoms with Crippen molar-refractivity contribution in [3.63, 3.8) is 0 Å². The molecule has 0 saturated carbocycles. The van der Waals surface area contributed by atoms with Crippen molar-refractivity contribution in [2.45, 2.75) is 174 Å².